The Hall–Kier alpha value is -3.02. The van der Waals surface area contributed by atoms with Gasteiger partial charge in [-0.1, -0.05) is 29.8 Å². The highest BCUT2D eigenvalue weighted by Crippen LogP contribution is 2.29. The second kappa shape index (κ2) is 8.01. The first-order valence-corrected chi connectivity index (χ1v) is 7.40. The van der Waals surface area contributed by atoms with Crippen LogP contribution >= 0.6 is 0 Å². The number of anilines is 1. The van der Waals surface area contributed by atoms with Gasteiger partial charge in [0.1, 0.15) is 0 Å². The zero-order valence-electron chi connectivity index (χ0n) is 13.9. The maximum atomic E-state index is 11.9. The van der Waals surface area contributed by atoms with Crippen molar-refractivity contribution in [1.29, 1.82) is 0 Å². The maximum absolute atomic E-state index is 11.9. The minimum absolute atomic E-state index is 0.290. The summed E-state index contributed by atoms with van der Waals surface area (Å²) in [6.45, 7) is 2.28. The molecule has 0 fully saturated rings. The molecule has 0 spiro atoms. The van der Waals surface area contributed by atoms with Crippen LogP contribution in [0.25, 0.3) is 0 Å². The van der Waals surface area contributed by atoms with E-state index in [0.29, 0.717) is 23.7 Å². The fraction of sp³-hybridized carbons (Fsp3) is 0.222. The van der Waals surface area contributed by atoms with Crippen LogP contribution in [0.5, 0.6) is 11.5 Å². The van der Waals surface area contributed by atoms with Crippen molar-refractivity contribution in [3.8, 4) is 11.5 Å². The van der Waals surface area contributed by atoms with Gasteiger partial charge in [0.25, 0.3) is 0 Å². The third-order valence-corrected chi connectivity index (χ3v) is 3.42. The summed E-state index contributed by atoms with van der Waals surface area (Å²) < 4.78 is 10.3. The molecule has 0 unspecified atom stereocenters. The lowest BCUT2D eigenvalue weighted by Gasteiger charge is -2.10. The lowest BCUT2D eigenvalue weighted by atomic mass is 10.1. The minimum Gasteiger partial charge on any atom is -0.493 e. The lowest BCUT2D eigenvalue weighted by molar-refractivity contribution is -0.136. The van der Waals surface area contributed by atoms with E-state index < -0.39 is 11.8 Å². The van der Waals surface area contributed by atoms with Crippen LogP contribution in [0.2, 0.25) is 0 Å². The minimum atomic E-state index is -0.741. The van der Waals surface area contributed by atoms with Crippen molar-refractivity contribution in [2.45, 2.75) is 13.5 Å². The van der Waals surface area contributed by atoms with Crippen molar-refractivity contribution >= 4 is 17.5 Å². The van der Waals surface area contributed by atoms with Crippen LogP contribution in [0.3, 0.4) is 0 Å². The van der Waals surface area contributed by atoms with Gasteiger partial charge in [0.15, 0.2) is 11.5 Å². The number of hydrogen-bond donors (Lipinski definition) is 2. The Morgan fingerprint density at radius 2 is 1.58 bits per heavy atom. The number of benzene rings is 2. The van der Waals surface area contributed by atoms with E-state index in [1.54, 1.807) is 18.2 Å². The summed E-state index contributed by atoms with van der Waals surface area (Å²) in [5, 5.41) is 5.11. The van der Waals surface area contributed by atoms with E-state index in [9.17, 15) is 9.59 Å². The Kier molecular flexibility index (Phi) is 5.78. The molecule has 24 heavy (non-hydrogen) atoms. The lowest BCUT2D eigenvalue weighted by Crippen LogP contribution is -2.34. The van der Waals surface area contributed by atoms with Gasteiger partial charge in [-0.15, -0.1) is 0 Å². The number of ether oxygens (including phenoxy) is 2. The quantitative estimate of drug-likeness (QED) is 0.826. The normalized spacial score (nSPS) is 9.96. The SMILES string of the molecule is COc1ccc(NC(=O)C(=O)NCc2ccc(C)cc2)cc1OC. The van der Waals surface area contributed by atoms with Crippen LogP contribution in [-0.2, 0) is 16.1 Å². The Labute approximate surface area is 140 Å². The van der Waals surface area contributed by atoms with Crippen molar-refractivity contribution in [1.82, 2.24) is 5.32 Å². The van der Waals surface area contributed by atoms with E-state index >= 15 is 0 Å². The molecule has 0 aliphatic carbocycles. The van der Waals surface area contributed by atoms with E-state index in [-0.39, 0.29) is 0 Å². The van der Waals surface area contributed by atoms with Crippen LogP contribution in [0.15, 0.2) is 42.5 Å². The second-order valence-corrected chi connectivity index (χ2v) is 5.19. The standard InChI is InChI=1S/C18H20N2O4/c1-12-4-6-13(7-5-12)11-19-17(21)18(22)20-14-8-9-15(23-2)16(10-14)24-3/h4-10H,11H2,1-3H3,(H,19,21)(H,20,22). The molecule has 0 bridgehead atoms. The zero-order chi connectivity index (χ0) is 17.5. The summed E-state index contributed by atoms with van der Waals surface area (Å²) in [4.78, 5) is 23.8. The van der Waals surface area contributed by atoms with Crippen molar-refractivity contribution in [3.63, 3.8) is 0 Å². The Balaban J connectivity index is 1.93. The Bertz CT molecular complexity index is 726. The fourth-order valence-electron chi connectivity index (χ4n) is 2.07. The number of nitrogens with one attached hydrogen (secondary N) is 2. The molecule has 0 heterocycles. The van der Waals surface area contributed by atoms with Gasteiger partial charge >= 0.3 is 11.8 Å². The molecule has 2 rings (SSSR count). The van der Waals surface area contributed by atoms with E-state index in [2.05, 4.69) is 10.6 Å². The first kappa shape index (κ1) is 17.3. The summed E-state index contributed by atoms with van der Waals surface area (Å²) in [5.41, 5.74) is 2.51. The summed E-state index contributed by atoms with van der Waals surface area (Å²) in [6, 6.07) is 12.6. The number of rotatable bonds is 5. The summed E-state index contributed by atoms with van der Waals surface area (Å²) in [7, 11) is 3.02. The molecule has 2 amide bonds. The predicted octanol–water partition coefficient (Wildman–Crippen LogP) is 2.27. The molecule has 2 aromatic rings. The van der Waals surface area contributed by atoms with Gasteiger partial charge < -0.3 is 20.1 Å². The van der Waals surface area contributed by atoms with Crippen LogP contribution in [0.1, 0.15) is 11.1 Å². The van der Waals surface area contributed by atoms with Gasteiger partial charge in [0.05, 0.1) is 14.2 Å². The van der Waals surface area contributed by atoms with Crippen molar-refractivity contribution in [2.75, 3.05) is 19.5 Å². The molecule has 2 aromatic carbocycles. The molecule has 0 atom stereocenters. The third kappa shape index (κ3) is 4.49. The number of carbonyl (C=O) groups excluding carboxylic acids is 2. The van der Waals surface area contributed by atoms with E-state index in [1.165, 1.54) is 14.2 Å². The third-order valence-electron chi connectivity index (χ3n) is 3.42. The van der Waals surface area contributed by atoms with Crippen molar-refractivity contribution < 1.29 is 19.1 Å². The summed E-state index contributed by atoms with van der Waals surface area (Å²) in [6.07, 6.45) is 0. The fourth-order valence-corrected chi connectivity index (χ4v) is 2.07. The van der Waals surface area contributed by atoms with Gasteiger partial charge in [-0.2, -0.15) is 0 Å². The van der Waals surface area contributed by atoms with Crippen molar-refractivity contribution in [2.24, 2.45) is 0 Å². The molecular formula is C18H20N2O4. The number of aryl methyl sites for hydroxylation is 1. The monoisotopic (exact) mass is 328 g/mol. The molecule has 126 valence electrons. The molecule has 0 saturated heterocycles. The Morgan fingerprint density at radius 3 is 2.21 bits per heavy atom. The molecule has 0 aliphatic heterocycles. The van der Waals surface area contributed by atoms with E-state index in [1.807, 2.05) is 31.2 Å². The van der Waals surface area contributed by atoms with E-state index in [0.717, 1.165) is 11.1 Å². The average molecular weight is 328 g/mol. The van der Waals surface area contributed by atoms with Gasteiger partial charge in [-0.3, -0.25) is 9.59 Å². The highest BCUT2D eigenvalue weighted by Gasteiger charge is 2.14. The molecular weight excluding hydrogens is 308 g/mol. The first-order chi connectivity index (χ1) is 11.5. The Morgan fingerprint density at radius 1 is 0.917 bits per heavy atom. The van der Waals surface area contributed by atoms with Crippen LogP contribution in [0.4, 0.5) is 5.69 Å². The predicted molar refractivity (Wildman–Crippen MR) is 91.2 cm³/mol. The van der Waals surface area contributed by atoms with Gasteiger partial charge in [0, 0.05) is 18.3 Å². The summed E-state index contributed by atoms with van der Waals surface area (Å²) >= 11 is 0. The number of amides is 2. The van der Waals surface area contributed by atoms with Gasteiger partial charge in [0.2, 0.25) is 0 Å². The number of hydrogen-bond acceptors (Lipinski definition) is 4. The van der Waals surface area contributed by atoms with Crippen LogP contribution in [-0.4, -0.2) is 26.0 Å². The van der Waals surface area contributed by atoms with Crippen LogP contribution in [0, 0.1) is 6.92 Å². The van der Waals surface area contributed by atoms with E-state index in [4.69, 9.17) is 9.47 Å². The van der Waals surface area contributed by atoms with Gasteiger partial charge in [-0.05, 0) is 24.6 Å². The molecule has 2 N–H and O–H groups in total. The number of carbonyl (C=O) groups is 2. The molecule has 0 aliphatic rings. The zero-order valence-corrected chi connectivity index (χ0v) is 13.9. The van der Waals surface area contributed by atoms with Crippen molar-refractivity contribution in [3.05, 3.63) is 53.6 Å². The number of methoxy groups -OCH3 is 2. The average Bonchev–Trinajstić information content (AvgIpc) is 2.60. The second-order valence-electron chi connectivity index (χ2n) is 5.19. The highest BCUT2D eigenvalue weighted by molar-refractivity contribution is 6.39. The summed E-state index contributed by atoms with van der Waals surface area (Å²) in [5.74, 6) is -0.436. The largest absolute Gasteiger partial charge is 0.493 e. The molecule has 6 heteroatoms. The van der Waals surface area contributed by atoms with Crippen LogP contribution < -0.4 is 20.1 Å². The first-order valence-electron chi connectivity index (χ1n) is 7.40. The molecule has 6 nitrogen and oxygen atoms in total. The van der Waals surface area contributed by atoms with Gasteiger partial charge in [-0.25, -0.2) is 0 Å². The maximum Gasteiger partial charge on any atom is 0.313 e. The molecule has 0 aromatic heterocycles. The topological polar surface area (TPSA) is 76.7 Å². The molecule has 0 saturated carbocycles. The highest BCUT2D eigenvalue weighted by atomic mass is 16.5. The molecule has 0 radical (unpaired) electrons. The smallest absolute Gasteiger partial charge is 0.313 e.